The van der Waals surface area contributed by atoms with Gasteiger partial charge in [0.1, 0.15) is 0 Å². The van der Waals surface area contributed by atoms with Gasteiger partial charge >= 0.3 is 0 Å². The van der Waals surface area contributed by atoms with Gasteiger partial charge in [-0.25, -0.2) is 13.4 Å². The van der Waals surface area contributed by atoms with E-state index in [-0.39, 0.29) is 16.9 Å². The first-order chi connectivity index (χ1) is 9.37. The van der Waals surface area contributed by atoms with E-state index in [1.54, 1.807) is 11.4 Å². The molecule has 1 aliphatic rings. The Bertz CT molecular complexity index is 549. The van der Waals surface area contributed by atoms with Crippen LogP contribution in [0, 0.1) is 0 Å². The van der Waals surface area contributed by atoms with Crippen LogP contribution < -0.4 is 5.73 Å². The molecule has 1 aromatic heterocycles. The van der Waals surface area contributed by atoms with E-state index >= 15 is 0 Å². The van der Waals surface area contributed by atoms with Crippen molar-refractivity contribution in [2.75, 3.05) is 32.4 Å². The zero-order valence-electron chi connectivity index (χ0n) is 12.3. The average Bonchev–Trinajstić information content (AvgIpc) is 2.61. The van der Waals surface area contributed by atoms with Crippen molar-refractivity contribution in [3.05, 3.63) is 6.33 Å². The molecule has 2 heterocycles. The highest BCUT2D eigenvalue weighted by molar-refractivity contribution is 7.89. The van der Waals surface area contributed by atoms with E-state index in [2.05, 4.69) is 9.88 Å². The molecular formula is C12H23N5O2S. The van der Waals surface area contributed by atoms with Gasteiger partial charge in [-0.05, 0) is 26.4 Å². The summed E-state index contributed by atoms with van der Waals surface area (Å²) in [5, 5.41) is 0.0977. The number of rotatable bonds is 3. The Hall–Kier alpha value is -1.12. The molecular weight excluding hydrogens is 278 g/mol. The van der Waals surface area contributed by atoms with Crippen molar-refractivity contribution in [2.24, 2.45) is 7.05 Å². The number of hydrogen-bond donors (Lipinski definition) is 1. The summed E-state index contributed by atoms with van der Waals surface area (Å²) in [5.41, 5.74) is 5.74. The fourth-order valence-electron chi connectivity index (χ4n) is 2.73. The third kappa shape index (κ3) is 2.68. The molecule has 20 heavy (non-hydrogen) atoms. The lowest BCUT2D eigenvalue weighted by molar-refractivity contribution is 0.269. The van der Waals surface area contributed by atoms with Crippen molar-refractivity contribution in [1.29, 1.82) is 0 Å². The Morgan fingerprint density at radius 1 is 1.40 bits per heavy atom. The van der Waals surface area contributed by atoms with E-state index in [1.807, 2.05) is 14.0 Å². The summed E-state index contributed by atoms with van der Waals surface area (Å²) in [6.45, 7) is 4.19. The monoisotopic (exact) mass is 301 g/mol. The van der Waals surface area contributed by atoms with Gasteiger partial charge in [0, 0.05) is 26.2 Å². The van der Waals surface area contributed by atoms with Gasteiger partial charge in [0.2, 0.25) is 0 Å². The SMILES string of the molecule is CCC1CN(C)CCCN1S(=O)(=O)c1c(N)ncn1C. The summed E-state index contributed by atoms with van der Waals surface area (Å²) >= 11 is 0. The normalized spacial score (nSPS) is 22.9. The van der Waals surface area contributed by atoms with Crippen LogP contribution in [0.3, 0.4) is 0 Å². The van der Waals surface area contributed by atoms with Crippen LogP contribution in [0.5, 0.6) is 0 Å². The first kappa shape index (κ1) is 15.3. The van der Waals surface area contributed by atoms with Crippen molar-refractivity contribution >= 4 is 15.8 Å². The molecule has 0 bridgehead atoms. The van der Waals surface area contributed by atoms with Gasteiger partial charge in [-0.3, -0.25) is 0 Å². The maximum atomic E-state index is 12.9. The van der Waals surface area contributed by atoms with Gasteiger partial charge < -0.3 is 15.2 Å². The second-order valence-corrected chi connectivity index (χ2v) is 7.15. The standard InChI is InChI=1S/C12H23N5O2S/c1-4-10-8-15(2)6-5-7-17(10)20(18,19)12-11(13)14-9-16(12)3/h9-10H,4-8,13H2,1-3H3. The predicted octanol–water partition coefficient (Wildman–Crippen LogP) is 0.107. The number of aromatic nitrogens is 2. The molecule has 1 fully saturated rings. The Balaban J connectivity index is 2.41. The topological polar surface area (TPSA) is 84.5 Å². The number of nitrogen functional groups attached to an aromatic ring is 1. The fourth-order valence-corrected chi connectivity index (χ4v) is 4.66. The molecule has 2 N–H and O–H groups in total. The summed E-state index contributed by atoms with van der Waals surface area (Å²) < 4.78 is 28.8. The van der Waals surface area contributed by atoms with Gasteiger partial charge in [-0.2, -0.15) is 4.31 Å². The number of likely N-dealkylation sites (N-methyl/N-ethyl adjacent to an activating group) is 1. The summed E-state index contributed by atoms with van der Waals surface area (Å²) in [6.07, 6.45) is 3.04. The molecule has 8 heteroatoms. The second-order valence-electron chi connectivity index (χ2n) is 5.34. The molecule has 0 amide bonds. The molecule has 0 radical (unpaired) electrons. The maximum Gasteiger partial charge on any atom is 0.262 e. The Labute approximate surface area is 120 Å². The van der Waals surface area contributed by atoms with Crippen LogP contribution in [0.15, 0.2) is 11.4 Å². The van der Waals surface area contributed by atoms with Crippen molar-refractivity contribution < 1.29 is 8.42 Å². The van der Waals surface area contributed by atoms with Crippen LogP contribution in [0.2, 0.25) is 0 Å². The molecule has 1 atom stereocenters. The summed E-state index contributed by atoms with van der Waals surface area (Å²) in [5.74, 6) is 0.0694. The minimum atomic E-state index is -3.61. The number of aryl methyl sites for hydroxylation is 1. The molecule has 1 aliphatic heterocycles. The van der Waals surface area contributed by atoms with Crippen LogP contribution in [-0.4, -0.2) is 59.9 Å². The molecule has 1 unspecified atom stereocenters. The lowest BCUT2D eigenvalue weighted by Gasteiger charge is -2.29. The minimum Gasteiger partial charge on any atom is -0.381 e. The number of sulfonamides is 1. The highest BCUT2D eigenvalue weighted by atomic mass is 32.2. The van der Waals surface area contributed by atoms with Gasteiger partial charge in [-0.1, -0.05) is 6.92 Å². The van der Waals surface area contributed by atoms with Gasteiger partial charge in [0.25, 0.3) is 10.0 Å². The average molecular weight is 301 g/mol. The molecule has 0 aromatic carbocycles. The zero-order chi connectivity index (χ0) is 14.9. The van der Waals surface area contributed by atoms with E-state index in [1.165, 1.54) is 10.9 Å². The number of anilines is 1. The lowest BCUT2D eigenvalue weighted by Crippen LogP contribution is -2.44. The molecule has 0 spiro atoms. The molecule has 1 saturated heterocycles. The van der Waals surface area contributed by atoms with Crippen molar-refractivity contribution in [3.63, 3.8) is 0 Å². The van der Waals surface area contributed by atoms with Crippen LogP contribution in [0.25, 0.3) is 0 Å². The third-order valence-electron chi connectivity index (χ3n) is 3.78. The molecule has 1 aromatic rings. The largest absolute Gasteiger partial charge is 0.381 e. The fraction of sp³-hybridized carbons (Fsp3) is 0.750. The van der Waals surface area contributed by atoms with E-state index < -0.39 is 10.0 Å². The molecule has 7 nitrogen and oxygen atoms in total. The Morgan fingerprint density at radius 3 is 2.65 bits per heavy atom. The predicted molar refractivity (Wildman–Crippen MR) is 77.7 cm³/mol. The number of nitrogens with zero attached hydrogens (tertiary/aromatic N) is 4. The summed E-state index contributed by atoms with van der Waals surface area (Å²) in [7, 11) is 0.0730. The number of imidazole rings is 1. The van der Waals surface area contributed by atoms with Gasteiger partial charge in [0.15, 0.2) is 10.8 Å². The van der Waals surface area contributed by atoms with E-state index in [0.717, 1.165) is 25.9 Å². The van der Waals surface area contributed by atoms with E-state index in [0.29, 0.717) is 6.54 Å². The first-order valence-electron chi connectivity index (χ1n) is 6.85. The summed E-state index contributed by atoms with van der Waals surface area (Å²) in [4.78, 5) is 6.07. The quantitative estimate of drug-likeness (QED) is 0.856. The maximum absolute atomic E-state index is 12.9. The smallest absolute Gasteiger partial charge is 0.262 e. The van der Waals surface area contributed by atoms with E-state index in [4.69, 9.17) is 5.73 Å². The van der Waals surface area contributed by atoms with Crippen molar-refractivity contribution in [3.8, 4) is 0 Å². The van der Waals surface area contributed by atoms with E-state index in [9.17, 15) is 8.42 Å². The highest BCUT2D eigenvalue weighted by Gasteiger charge is 2.35. The Morgan fingerprint density at radius 2 is 2.10 bits per heavy atom. The molecule has 2 rings (SSSR count). The van der Waals surface area contributed by atoms with Crippen LogP contribution in [-0.2, 0) is 17.1 Å². The number of nitrogens with two attached hydrogens (primary N) is 1. The number of hydrogen-bond acceptors (Lipinski definition) is 5. The zero-order valence-corrected chi connectivity index (χ0v) is 13.1. The van der Waals surface area contributed by atoms with Crippen LogP contribution in [0.1, 0.15) is 19.8 Å². The van der Waals surface area contributed by atoms with Gasteiger partial charge in [-0.15, -0.1) is 0 Å². The lowest BCUT2D eigenvalue weighted by atomic mass is 10.2. The highest BCUT2D eigenvalue weighted by Crippen LogP contribution is 2.25. The molecule has 0 saturated carbocycles. The third-order valence-corrected chi connectivity index (χ3v) is 5.87. The second kappa shape index (κ2) is 5.71. The first-order valence-corrected chi connectivity index (χ1v) is 8.29. The van der Waals surface area contributed by atoms with Crippen LogP contribution in [0.4, 0.5) is 5.82 Å². The minimum absolute atomic E-state index is 0.0261. The molecule has 114 valence electrons. The molecule has 0 aliphatic carbocycles. The van der Waals surface area contributed by atoms with Crippen molar-refractivity contribution in [2.45, 2.75) is 30.8 Å². The Kier molecular flexibility index (Phi) is 4.36. The van der Waals surface area contributed by atoms with Gasteiger partial charge in [0.05, 0.1) is 6.33 Å². The van der Waals surface area contributed by atoms with Crippen molar-refractivity contribution in [1.82, 2.24) is 18.8 Å². The van der Waals surface area contributed by atoms with Crippen LogP contribution >= 0.6 is 0 Å². The summed E-state index contributed by atoms with van der Waals surface area (Å²) in [6, 6.07) is -0.0261.